The lowest BCUT2D eigenvalue weighted by molar-refractivity contribution is 0.175. The van der Waals surface area contributed by atoms with Gasteiger partial charge in [0.1, 0.15) is 0 Å². The number of benzene rings is 1. The Bertz CT molecular complexity index is 294. The third kappa shape index (κ3) is 2.34. The van der Waals surface area contributed by atoms with Gasteiger partial charge in [0.15, 0.2) is 0 Å². The zero-order valence-corrected chi connectivity index (χ0v) is 8.32. The Morgan fingerprint density at radius 1 is 1.36 bits per heavy atom. The fraction of sp³-hybridized carbons (Fsp3) is 0.417. The maximum atomic E-state index is 9.37. The molecule has 0 spiro atoms. The number of aliphatic hydroxyl groups excluding tert-OH is 1. The topological polar surface area (TPSA) is 23.5 Å². The van der Waals surface area contributed by atoms with Crippen LogP contribution in [0.25, 0.3) is 0 Å². The van der Waals surface area contributed by atoms with Crippen molar-refractivity contribution in [1.82, 2.24) is 4.90 Å². The average Bonchev–Trinajstić information content (AvgIpc) is 2.56. The van der Waals surface area contributed by atoms with Crippen LogP contribution in [0.4, 0.5) is 0 Å². The lowest BCUT2D eigenvalue weighted by Gasteiger charge is -2.14. The van der Waals surface area contributed by atoms with Crippen LogP contribution in [0.5, 0.6) is 0 Å². The molecule has 0 aliphatic carbocycles. The van der Waals surface area contributed by atoms with Crippen LogP contribution in [-0.2, 0) is 6.54 Å². The first-order valence-electron chi connectivity index (χ1n) is 5.05. The Morgan fingerprint density at radius 3 is 2.64 bits per heavy atom. The lowest BCUT2D eigenvalue weighted by Crippen LogP contribution is -2.21. The molecule has 1 aromatic carbocycles. The van der Waals surface area contributed by atoms with Crippen LogP contribution < -0.4 is 0 Å². The minimum Gasteiger partial charge on any atom is -0.392 e. The lowest BCUT2D eigenvalue weighted by atomic mass is 10.1. The molecule has 2 nitrogen and oxygen atoms in total. The molecular formula is C12H16NO. The molecule has 2 heteroatoms. The van der Waals surface area contributed by atoms with E-state index >= 15 is 0 Å². The normalized spacial score (nSPS) is 22.9. The highest BCUT2D eigenvalue weighted by atomic mass is 16.3. The van der Waals surface area contributed by atoms with Crippen LogP contribution in [-0.4, -0.2) is 29.2 Å². The van der Waals surface area contributed by atoms with E-state index in [1.807, 2.05) is 12.1 Å². The van der Waals surface area contributed by atoms with Gasteiger partial charge in [-0.05, 0) is 24.5 Å². The molecule has 0 saturated carbocycles. The van der Waals surface area contributed by atoms with Crippen molar-refractivity contribution in [2.45, 2.75) is 19.1 Å². The van der Waals surface area contributed by atoms with E-state index in [0.717, 1.165) is 31.6 Å². The van der Waals surface area contributed by atoms with E-state index in [1.54, 1.807) is 0 Å². The highest BCUT2D eigenvalue weighted by Gasteiger charge is 2.19. The third-order valence-corrected chi connectivity index (χ3v) is 2.68. The fourth-order valence-electron chi connectivity index (χ4n) is 1.86. The summed E-state index contributed by atoms with van der Waals surface area (Å²) in [5, 5.41) is 9.37. The van der Waals surface area contributed by atoms with E-state index in [-0.39, 0.29) is 6.10 Å². The predicted octanol–water partition coefficient (Wildman–Crippen LogP) is 1.44. The summed E-state index contributed by atoms with van der Waals surface area (Å²) in [6, 6.07) is 8.27. The van der Waals surface area contributed by atoms with Crippen molar-refractivity contribution in [2.24, 2.45) is 0 Å². The van der Waals surface area contributed by atoms with E-state index < -0.39 is 0 Å². The van der Waals surface area contributed by atoms with Crippen molar-refractivity contribution in [3.63, 3.8) is 0 Å². The molecular weight excluding hydrogens is 174 g/mol. The first kappa shape index (κ1) is 9.69. The second-order valence-corrected chi connectivity index (χ2v) is 3.99. The summed E-state index contributed by atoms with van der Waals surface area (Å²) in [4.78, 5) is 2.28. The number of rotatable bonds is 2. The molecule has 14 heavy (non-hydrogen) atoms. The molecule has 1 fully saturated rings. The number of likely N-dealkylation sites (tertiary alicyclic amines) is 1. The van der Waals surface area contributed by atoms with E-state index in [2.05, 4.69) is 24.0 Å². The predicted molar refractivity (Wildman–Crippen MR) is 56.8 cm³/mol. The maximum absolute atomic E-state index is 9.37. The van der Waals surface area contributed by atoms with Gasteiger partial charge in [-0.15, -0.1) is 0 Å². The standard InChI is InChI=1S/C12H16NO/c1-10-2-4-11(5-3-10)8-13-7-6-12(14)9-13/h2-5,12,14H,1,6-9H2. The van der Waals surface area contributed by atoms with Crippen molar-refractivity contribution in [3.05, 3.63) is 42.3 Å². The minimum atomic E-state index is -0.123. The molecule has 1 radical (unpaired) electrons. The van der Waals surface area contributed by atoms with Gasteiger partial charge in [0.05, 0.1) is 6.10 Å². The van der Waals surface area contributed by atoms with Crippen LogP contribution in [0.3, 0.4) is 0 Å². The van der Waals surface area contributed by atoms with Gasteiger partial charge in [-0.25, -0.2) is 0 Å². The van der Waals surface area contributed by atoms with Crippen LogP contribution >= 0.6 is 0 Å². The van der Waals surface area contributed by atoms with Crippen molar-refractivity contribution in [3.8, 4) is 0 Å². The molecule has 1 heterocycles. The molecule has 1 aromatic rings. The summed E-state index contributed by atoms with van der Waals surface area (Å²) in [6.45, 7) is 6.61. The van der Waals surface area contributed by atoms with Crippen LogP contribution in [0, 0.1) is 6.92 Å². The minimum absolute atomic E-state index is 0.123. The molecule has 1 aliphatic rings. The van der Waals surface area contributed by atoms with Crippen LogP contribution in [0.1, 0.15) is 17.5 Å². The van der Waals surface area contributed by atoms with E-state index in [1.165, 1.54) is 5.56 Å². The summed E-state index contributed by atoms with van der Waals surface area (Å²) in [6.07, 6.45) is 0.787. The second-order valence-electron chi connectivity index (χ2n) is 3.99. The molecule has 75 valence electrons. The summed E-state index contributed by atoms with van der Waals surface area (Å²) >= 11 is 0. The van der Waals surface area contributed by atoms with Crippen molar-refractivity contribution in [1.29, 1.82) is 0 Å². The molecule has 1 aliphatic heterocycles. The Labute approximate surface area is 85.2 Å². The fourth-order valence-corrected chi connectivity index (χ4v) is 1.86. The van der Waals surface area contributed by atoms with Crippen LogP contribution in [0.15, 0.2) is 24.3 Å². The summed E-state index contributed by atoms with van der Waals surface area (Å²) in [5.74, 6) is 0. The molecule has 1 atom stereocenters. The zero-order chi connectivity index (χ0) is 9.97. The number of hydrogen-bond acceptors (Lipinski definition) is 2. The van der Waals surface area contributed by atoms with Gasteiger partial charge in [-0.3, -0.25) is 4.90 Å². The maximum Gasteiger partial charge on any atom is 0.0679 e. The largest absolute Gasteiger partial charge is 0.392 e. The Hall–Kier alpha value is -0.860. The van der Waals surface area contributed by atoms with Gasteiger partial charge in [0.25, 0.3) is 0 Å². The van der Waals surface area contributed by atoms with Crippen molar-refractivity contribution >= 4 is 0 Å². The number of hydrogen-bond donors (Lipinski definition) is 1. The monoisotopic (exact) mass is 190 g/mol. The SMILES string of the molecule is [CH2]c1ccc(CN2CCC(O)C2)cc1. The third-order valence-electron chi connectivity index (χ3n) is 2.68. The summed E-state index contributed by atoms with van der Waals surface area (Å²) < 4.78 is 0. The number of nitrogens with zero attached hydrogens (tertiary/aromatic N) is 1. The molecule has 0 aromatic heterocycles. The summed E-state index contributed by atoms with van der Waals surface area (Å²) in [7, 11) is 0. The van der Waals surface area contributed by atoms with Gasteiger partial charge in [-0.2, -0.15) is 0 Å². The van der Waals surface area contributed by atoms with E-state index in [0.29, 0.717) is 0 Å². The Morgan fingerprint density at radius 2 is 2.07 bits per heavy atom. The first-order chi connectivity index (χ1) is 6.74. The summed E-state index contributed by atoms with van der Waals surface area (Å²) in [5.41, 5.74) is 2.35. The molecule has 1 N–H and O–H groups in total. The quantitative estimate of drug-likeness (QED) is 0.762. The number of aliphatic hydroxyl groups is 1. The van der Waals surface area contributed by atoms with Crippen molar-refractivity contribution < 1.29 is 5.11 Å². The van der Waals surface area contributed by atoms with Crippen molar-refractivity contribution in [2.75, 3.05) is 13.1 Å². The molecule has 0 amide bonds. The van der Waals surface area contributed by atoms with Gasteiger partial charge in [0.2, 0.25) is 0 Å². The zero-order valence-electron chi connectivity index (χ0n) is 8.32. The molecule has 1 unspecified atom stereocenters. The molecule has 0 bridgehead atoms. The second kappa shape index (κ2) is 4.11. The van der Waals surface area contributed by atoms with Gasteiger partial charge < -0.3 is 5.11 Å². The van der Waals surface area contributed by atoms with E-state index in [9.17, 15) is 5.11 Å². The molecule has 2 rings (SSSR count). The Kier molecular flexibility index (Phi) is 2.85. The molecule has 1 saturated heterocycles. The van der Waals surface area contributed by atoms with Gasteiger partial charge >= 0.3 is 0 Å². The number of β-amino-alcohol motifs (C(OH)–C–C–N with tert-alkyl or cyclic N) is 1. The highest BCUT2D eigenvalue weighted by Crippen LogP contribution is 2.13. The average molecular weight is 190 g/mol. The smallest absolute Gasteiger partial charge is 0.0679 e. The first-order valence-corrected chi connectivity index (χ1v) is 5.05. The van der Waals surface area contributed by atoms with Gasteiger partial charge in [0, 0.05) is 19.6 Å². The van der Waals surface area contributed by atoms with Gasteiger partial charge in [-0.1, -0.05) is 24.3 Å². The van der Waals surface area contributed by atoms with Crippen LogP contribution in [0.2, 0.25) is 0 Å². The Balaban J connectivity index is 1.94. The van der Waals surface area contributed by atoms with E-state index in [4.69, 9.17) is 0 Å². The highest BCUT2D eigenvalue weighted by molar-refractivity contribution is 5.24.